The first kappa shape index (κ1) is 25.7. The Labute approximate surface area is 193 Å². The molecule has 1 aliphatic heterocycles. The van der Waals surface area contributed by atoms with Crippen LogP contribution in [0.15, 0.2) is 35.3 Å². The van der Waals surface area contributed by atoms with Gasteiger partial charge in [-0.3, -0.25) is 9.69 Å². The second-order valence-corrected chi connectivity index (χ2v) is 7.77. The number of carbonyl (C=O) groups is 1. The number of rotatable bonds is 8. The molecule has 1 aromatic carbocycles. The van der Waals surface area contributed by atoms with Crippen molar-refractivity contribution in [3.8, 4) is 0 Å². The molecule has 1 aromatic rings. The van der Waals surface area contributed by atoms with Crippen LogP contribution < -0.4 is 10.6 Å². The topological polar surface area (TPSA) is 60.0 Å². The highest BCUT2D eigenvalue weighted by Crippen LogP contribution is 2.23. The fourth-order valence-corrected chi connectivity index (χ4v) is 3.39. The van der Waals surface area contributed by atoms with Crippen LogP contribution in [0.2, 0.25) is 0 Å². The Morgan fingerprint density at radius 3 is 2.48 bits per heavy atom. The monoisotopic (exact) mass is 515 g/mol. The molecule has 0 spiro atoms. The van der Waals surface area contributed by atoms with Crippen LogP contribution in [0.5, 0.6) is 0 Å². The lowest BCUT2D eigenvalue weighted by Crippen LogP contribution is -2.49. The van der Waals surface area contributed by atoms with Crippen LogP contribution in [0.25, 0.3) is 0 Å². The second-order valence-electron chi connectivity index (χ2n) is 7.77. The van der Waals surface area contributed by atoms with Crippen molar-refractivity contribution in [2.24, 2.45) is 4.99 Å². The smallest absolute Gasteiger partial charge is 0.243 e. The van der Waals surface area contributed by atoms with Gasteiger partial charge in [0.15, 0.2) is 5.96 Å². The molecule has 0 saturated carbocycles. The number of hydrogen-bond donors (Lipinski definition) is 2. The second kappa shape index (κ2) is 13.8. The lowest BCUT2D eigenvalue weighted by atomic mass is 10.0. The Bertz CT molecular complexity index is 615. The third-order valence-electron chi connectivity index (χ3n) is 5.39. The summed E-state index contributed by atoms with van der Waals surface area (Å²) in [4.78, 5) is 20.5. The minimum absolute atomic E-state index is 0. The van der Waals surface area contributed by atoms with E-state index >= 15 is 0 Å². The molecule has 1 aliphatic rings. The molecule has 164 valence electrons. The van der Waals surface area contributed by atoms with Gasteiger partial charge in [0.2, 0.25) is 5.91 Å². The Hall–Kier alpha value is -1.35. The first-order chi connectivity index (χ1) is 13.5. The summed E-state index contributed by atoms with van der Waals surface area (Å²) in [6.45, 7) is 7.64. The van der Waals surface area contributed by atoms with Crippen LogP contribution in [0.4, 0.5) is 0 Å². The van der Waals surface area contributed by atoms with Crippen LogP contribution in [0, 0.1) is 0 Å². The highest BCUT2D eigenvalue weighted by atomic mass is 127. The van der Waals surface area contributed by atoms with Crippen molar-refractivity contribution in [2.75, 3.05) is 40.3 Å². The number of hydrogen-bond acceptors (Lipinski definition) is 3. The van der Waals surface area contributed by atoms with Crippen LogP contribution in [0.3, 0.4) is 0 Å². The van der Waals surface area contributed by atoms with E-state index in [4.69, 9.17) is 0 Å². The Morgan fingerprint density at radius 2 is 1.90 bits per heavy atom. The van der Waals surface area contributed by atoms with E-state index in [2.05, 4.69) is 64.7 Å². The van der Waals surface area contributed by atoms with Gasteiger partial charge < -0.3 is 15.5 Å². The molecule has 1 unspecified atom stereocenters. The van der Waals surface area contributed by atoms with E-state index in [0.717, 1.165) is 51.3 Å². The zero-order valence-corrected chi connectivity index (χ0v) is 20.7. The normalized spacial score (nSPS) is 16.6. The van der Waals surface area contributed by atoms with Gasteiger partial charge in [0, 0.05) is 45.8 Å². The Kier molecular flexibility index (Phi) is 12.2. The maximum atomic E-state index is 11.9. The number of piperidine rings is 1. The summed E-state index contributed by atoms with van der Waals surface area (Å²) < 4.78 is 0. The van der Waals surface area contributed by atoms with E-state index in [-0.39, 0.29) is 36.4 Å². The first-order valence-electron chi connectivity index (χ1n) is 10.5. The van der Waals surface area contributed by atoms with E-state index in [1.165, 1.54) is 5.56 Å². The van der Waals surface area contributed by atoms with Crippen molar-refractivity contribution in [3.63, 3.8) is 0 Å². The maximum Gasteiger partial charge on any atom is 0.243 e. The molecule has 1 atom stereocenters. The standard InChI is InChI=1S/C22H37N5O.HI/c1-5-6-14-23-22(24-17-21(28)26(3)4)25-20-12-15-27(16-13-20)18(2)19-10-8-7-9-11-19;/h7-11,18,20H,5-6,12-17H2,1-4H3,(H2,23,24,25);1H. The van der Waals surface area contributed by atoms with Gasteiger partial charge >= 0.3 is 0 Å². The molecule has 7 heteroatoms. The molecule has 6 nitrogen and oxygen atoms in total. The molecule has 1 heterocycles. The molecule has 0 aliphatic carbocycles. The number of likely N-dealkylation sites (N-methyl/N-ethyl adjacent to an activating group) is 1. The quantitative estimate of drug-likeness (QED) is 0.242. The predicted molar refractivity (Wildman–Crippen MR) is 132 cm³/mol. The zero-order valence-electron chi connectivity index (χ0n) is 18.4. The summed E-state index contributed by atoms with van der Waals surface area (Å²) in [5.74, 6) is 0.779. The predicted octanol–water partition coefficient (Wildman–Crippen LogP) is 3.25. The first-order valence-corrected chi connectivity index (χ1v) is 10.5. The highest BCUT2D eigenvalue weighted by Gasteiger charge is 2.24. The number of guanidine groups is 1. The molecular weight excluding hydrogens is 477 g/mol. The number of benzene rings is 1. The van der Waals surface area contributed by atoms with Crippen LogP contribution in [-0.2, 0) is 4.79 Å². The van der Waals surface area contributed by atoms with Gasteiger partial charge in [-0.05, 0) is 31.7 Å². The van der Waals surface area contributed by atoms with Crippen LogP contribution in [-0.4, -0.2) is 68.0 Å². The van der Waals surface area contributed by atoms with Gasteiger partial charge in [0.25, 0.3) is 0 Å². The van der Waals surface area contributed by atoms with Gasteiger partial charge in [-0.15, -0.1) is 24.0 Å². The molecular formula is C22H38IN5O. The van der Waals surface area contributed by atoms with Crippen molar-refractivity contribution in [3.05, 3.63) is 35.9 Å². The number of likely N-dealkylation sites (tertiary alicyclic amines) is 1. The van der Waals surface area contributed by atoms with E-state index < -0.39 is 0 Å². The van der Waals surface area contributed by atoms with Crippen molar-refractivity contribution < 1.29 is 4.79 Å². The average molecular weight is 515 g/mol. The summed E-state index contributed by atoms with van der Waals surface area (Å²) in [5.41, 5.74) is 1.37. The summed E-state index contributed by atoms with van der Waals surface area (Å²) in [5, 5.41) is 6.93. The molecule has 1 fully saturated rings. The van der Waals surface area contributed by atoms with E-state index in [1.54, 1.807) is 19.0 Å². The number of nitrogens with one attached hydrogen (secondary N) is 2. The molecule has 0 bridgehead atoms. The summed E-state index contributed by atoms with van der Waals surface area (Å²) in [7, 11) is 3.53. The average Bonchev–Trinajstić information content (AvgIpc) is 2.72. The van der Waals surface area contributed by atoms with Crippen molar-refractivity contribution in [2.45, 2.75) is 51.6 Å². The maximum absolute atomic E-state index is 11.9. The Balaban J connectivity index is 0.00000420. The summed E-state index contributed by atoms with van der Waals surface area (Å²) in [6, 6.07) is 11.5. The van der Waals surface area contributed by atoms with Crippen molar-refractivity contribution in [1.82, 2.24) is 20.4 Å². The zero-order chi connectivity index (χ0) is 20.4. The van der Waals surface area contributed by atoms with Crippen LogP contribution >= 0.6 is 24.0 Å². The van der Waals surface area contributed by atoms with Gasteiger partial charge in [-0.25, -0.2) is 4.99 Å². The van der Waals surface area contributed by atoms with E-state index in [1.807, 2.05) is 0 Å². The number of aliphatic imine (C=N–C) groups is 1. The number of halogens is 1. The number of carbonyl (C=O) groups excluding carboxylic acids is 1. The fraction of sp³-hybridized carbons (Fsp3) is 0.636. The van der Waals surface area contributed by atoms with Gasteiger partial charge in [0.1, 0.15) is 6.54 Å². The number of nitrogens with zero attached hydrogens (tertiary/aromatic N) is 3. The fourth-order valence-electron chi connectivity index (χ4n) is 3.39. The number of amides is 1. The molecule has 1 saturated heterocycles. The minimum atomic E-state index is 0. The van der Waals surface area contributed by atoms with Gasteiger partial charge in [0.05, 0.1) is 0 Å². The lowest BCUT2D eigenvalue weighted by Gasteiger charge is -2.37. The van der Waals surface area contributed by atoms with Crippen molar-refractivity contribution in [1.29, 1.82) is 0 Å². The van der Waals surface area contributed by atoms with E-state index in [9.17, 15) is 4.79 Å². The molecule has 2 N–H and O–H groups in total. The van der Waals surface area contributed by atoms with E-state index in [0.29, 0.717) is 12.1 Å². The Morgan fingerprint density at radius 1 is 1.24 bits per heavy atom. The molecule has 0 radical (unpaired) electrons. The number of unbranched alkanes of at least 4 members (excludes halogenated alkanes) is 1. The molecule has 29 heavy (non-hydrogen) atoms. The third-order valence-corrected chi connectivity index (χ3v) is 5.39. The largest absolute Gasteiger partial charge is 0.356 e. The third kappa shape index (κ3) is 8.90. The summed E-state index contributed by atoms with van der Waals surface area (Å²) in [6.07, 6.45) is 4.38. The summed E-state index contributed by atoms with van der Waals surface area (Å²) >= 11 is 0. The minimum Gasteiger partial charge on any atom is -0.356 e. The van der Waals surface area contributed by atoms with Gasteiger partial charge in [-0.2, -0.15) is 0 Å². The van der Waals surface area contributed by atoms with Crippen LogP contribution in [0.1, 0.15) is 51.1 Å². The highest BCUT2D eigenvalue weighted by molar-refractivity contribution is 14.0. The van der Waals surface area contributed by atoms with Gasteiger partial charge in [-0.1, -0.05) is 43.7 Å². The molecule has 1 amide bonds. The molecule has 0 aromatic heterocycles. The SMILES string of the molecule is CCCCNC(=NCC(=O)N(C)C)NC1CCN(C(C)c2ccccc2)CC1.I. The lowest BCUT2D eigenvalue weighted by molar-refractivity contribution is -0.127. The van der Waals surface area contributed by atoms with Crippen molar-refractivity contribution >= 4 is 35.8 Å². The molecule has 2 rings (SSSR count).